The molecule has 0 saturated heterocycles. The van der Waals surface area contributed by atoms with Crippen molar-refractivity contribution in [3.63, 3.8) is 0 Å². The van der Waals surface area contributed by atoms with Crippen molar-refractivity contribution in [2.45, 2.75) is 20.3 Å². The van der Waals surface area contributed by atoms with E-state index in [1.165, 1.54) is 5.56 Å². The van der Waals surface area contributed by atoms with Crippen LogP contribution >= 0.6 is 12.2 Å². The molecule has 98 valence electrons. The van der Waals surface area contributed by atoms with E-state index in [2.05, 4.69) is 13.0 Å². The van der Waals surface area contributed by atoms with E-state index < -0.39 is 0 Å². The number of aryl methyl sites for hydroxylation is 2. The summed E-state index contributed by atoms with van der Waals surface area (Å²) in [6, 6.07) is 13.8. The Labute approximate surface area is 119 Å². The van der Waals surface area contributed by atoms with Crippen molar-refractivity contribution in [3.8, 4) is 11.5 Å². The lowest BCUT2D eigenvalue weighted by atomic mass is 10.1. The third kappa shape index (κ3) is 2.93. The molecule has 2 nitrogen and oxygen atoms in total. The van der Waals surface area contributed by atoms with Crippen LogP contribution in [0.15, 0.2) is 42.5 Å². The molecule has 2 aromatic carbocycles. The second-order valence-corrected chi connectivity index (χ2v) is 4.82. The molecule has 0 bridgehead atoms. The molecule has 0 aliphatic rings. The highest BCUT2D eigenvalue weighted by Crippen LogP contribution is 2.31. The molecule has 0 aliphatic carbocycles. The van der Waals surface area contributed by atoms with Crippen molar-refractivity contribution in [1.82, 2.24) is 0 Å². The third-order valence-electron chi connectivity index (χ3n) is 3.04. The molecule has 0 saturated carbocycles. The third-order valence-corrected chi connectivity index (χ3v) is 3.26. The largest absolute Gasteiger partial charge is 0.456 e. The van der Waals surface area contributed by atoms with Gasteiger partial charge in [0.05, 0.1) is 5.56 Å². The van der Waals surface area contributed by atoms with Crippen molar-refractivity contribution in [2.24, 2.45) is 5.73 Å². The van der Waals surface area contributed by atoms with E-state index in [1.54, 1.807) is 0 Å². The van der Waals surface area contributed by atoms with Crippen LogP contribution in [-0.4, -0.2) is 4.99 Å². The molecule has 19 heavy (non-hydrogen) atoms. The van der Waals surface area contributed by atoms with Crippen molar-refractivity contribution in [1.29, 1.82) is 0 Å². The van der Waals surface area contributed by atoms with Gasteiger partial charge in [-0.1, -0.05) is 49.5 Å². The van der Waals surface area contributed by atoms with Crippen LogP contribution in [0.3, 0.4) is 0 Å². The molecule has 2 aromatic rings. The van der Waals surface area contributed by atoms with Crippen LogP contribution in [-0.2, 0) is 6.42 Å². The van der Waals surface area contributed by atoms with Crippen molar-refractivity contribution in [2.75, 3.05) is 0 Å². The highest BCUT2D eigenvalue weighted by Gasteiger charge is 2.11. The monoisotopic (exact) mass is 271 g/mol. The molecule has 0 unspecified atom stereocenters. The first-order chi connectivity index (χ1) is 9.13. The number of benzene rings is 2. The van der Waals surface area contributed by atoms with Gasteiger partial charge in [0.2, 0.25) is 0 Å². The fraction of sp³-hybridized carbons (Fsp3) is 0.188. The maximum Gasteiger partial charge on any atom is 0.140 e. The minimum atomic E-state index is 0.354. The van der Waals surface area contributed by atoms with Gasteiger partial charge >= 0.3 is 0 Å². The zero-order valence-electron chi connectivity index (χ0n) is 11.1. The Morgan fingerprint density at radius 3 is 2.58 bits per heavy atom. The Morgan fingerprint density at radius 1 is 1.16 bits per heavy atom. The predicted molar refractivity (Wildman–Crippen MR) is 83.0 cm³/mol. The van der Waals surface area contributed by atoms with Crippen LogP contribution in [0.1, 0.15) is 23.6 Å². The molecular formula is C16H17NOS. The standard InChI is InChI=1S/C16H17NOS/c1-3-12-8-4-5-10-14(12)18-15-11(2)7-6-9-13(15)16(17)19/h4-10H,3H2,1-2H3,(H2,17,19). The first-order valence-electron chi connectivity index (χ1n) is 6.28. The fourth-order valence-corrected chi connectivity index (χ4v) is 2.15. The molecule has 2 N–H and O–H groups in total. The molecule has 0 heterocycles. The van der Waals surface area contributed by atoms with Gasteiger partial charge in [-0.05, 0) is 36.6 Å². The minimum absolute atomic E-state index is 0.354. The van der Waals surface area contributed by atoms with Crippen LogP contribution in [0.2, 0.25) is 0 Å². The van der Waals surface area contributed by atoms with Gasteiger partial charge in [-0.2, -0.15) is 0 Å². The summed E-state index contributed by atoms with van der Waals surface area (Å²) >= 11 is 5.08. The summed E-state index contributed by atoms with van der Waals surface area (Å²) < 4.78 is 6.06. The molecule has 0 aromatic heterocycles. The number of hydrogen-bond donors (Lipinski definition) is 1. The molecule has 0 aliphatic heterocycles. The summed E-state index contributed by atoms with van der Waals surface area (Å²) in [5.41, 5.74) is 8.73. The highest BCUT2D eigenvalue weighted by molar-refractivity contribution is 7.80. The van der Waals surface area contributed by atoms with E-state index in [4.69, 9.17) is 22.7 Å². The van der Waals surface area contributed by atoms with Crippen molar-refractivity contribution < 1.29 is 4.74 Å². The molecule has 0 atom stereocenters. The number of thiocarbonyl (C=S) groups is 1. The second kappa shape index (κ2) is 5.85. The fourth-order valence-electron chi connectivity index (χ4n) is 1.99. The number of para-hydroxylation sites is 2. The van der Waals surface area contributed by atoms with Crippen LogP contribution in [0, 0.1) is 6.92 Å². The lowest BCUT2D eigenvalue weighted by molar-refractivity contribution is 0.472. The van der Waals surface area contributed by atoms with E-state index in [0.717, 1.165) is 29.0 Å². The van der Waals surface area contributed by atoms with Gasteiger partial charge < -0.3 is 10.5 Å². The zero-order valence-corrected chi connectivity index (χ0v) is 12.0. The molecule has 0 radical (unpaired) electrons. The van der Waals surface area contributed by atoms with Gasteiger partial charge in [0.25, 0.3) is 0 Å². The molecule has 0 fully saturated rings. The van der Waals surface area contributed by atoms with Crippen LogP contribution in [0.25, 0.3) is 0 Å². The molecule has 0 spiro atoms. The van der Waals surface area contributed by atoms with Gasteiger partial charge in [-0.15, -0.1) is 0 Å². The first kappa shape index (κ1) is 13.6. The Kier molecular flexibility index (Phi) is 4.17. The summed E-state index contributed by atoms with van der Waals surface area (Å²) in [5.74, 6) is 1.60. The Balaban J connectivity index is 2.46. The van der Waals surface area contributed by atoms with E-state index in [9.17, 15) is 0 Å². The van der Waals surface area contributed by atoms with Gasteiger partial charge in [0, 0.05) is 0 Å². The smallest absolute Gasteiger partial charge is 0.140 e. The lowest BCUT2D eigenvalue weighted by Gasteiger charge is -2.15. The zero-order chi connectivity index (χ0) is 13.8. The Hall–Kier alpha value is -1.87. The topological polar surface area (TPSA) is 35.2 Å². The van der Waals surface area contributed by atoms with Crippen molar-refractivity contribution >= 4 is 17.2 Å². The Morgan fingerprint density at radius 2 is 1.89 bits per heavy atom. The first-order valence-corrected chi connectivity index (χ1v) is 6.69. The summed E-state index contributed by atoms with van der Waals surface area (Å²) in [6.07, 6.45) is 0.921. The van der Waals surface area contributed by atoms with Crippen LogP contribution < -0.4 is 10.5 Å². The van der Waals surface area contributed by atoms with Gasteiger partial charge in [0.1, 0.15) is 16.5 Å². The summed E-state index contributed by atoms with van der Waals surface area (Å²) in [5, 5.41) is 0. The minimum Gasteiger partial charge on any atom is -0.456 e. The van der Waals surface area contributed by atoms with Crippen LogP contribution in [0.4, 0.5) is 0 Å². The molecule has 3 heteroatoms. The Bertz CT molecular complexity index is 607. The second-order valence-electron chi connectivity index (χ2n) is 4.38. The molecule has 2 rings (SSSR count). The summed E-state index contributed by atoms with van der Waals surface area (Å²) in [6.45, 7) is 4.10. The summed E-state index contributed by atoms with van der Waals surface area (Å²) in [4.78, 5) is 0.354. The van der Waals surface area contributed by atoms with Crippen LogP contribution in [0.5, 0.6) is 11.5 Å². The average molecular weight is 271 g/mol. The van der Waals surface area contributed by atoms with E-state index in [0.29, 0.717) is 4.99 Å². The number of ether oxygens (including phenoxy) is 1. The van der Waals surface area contributed by atoms with Gasteiger partial charge in [-0.3, -0.25) is 0 Å². The normalized spacial score (nSPS) is 10.2. The van der Waals surface area contributed by atoms with E-state index in [1.807, 2.05) is 43.3 Å². The van der Waals surface area contributed by atoms with Gasteiger partial charge in [-0.25, -0.2) is 0 Å². The quantitative estimate of drug-likeness (QED) is 0.854. The number of nitrogens with two attached hydrogens (primary N) is 1. The number of rotatable bonds is 4. The number of hydrogen-bond acceptors (Lipinski definition) is 2. The maximum absolute atomic E-state index is 6.06. The highest BCUT2D eigenvalue weighted by atomic mass is 32.1. The molecular weight excluding hydrogens is 254 g/mol. The van der Waals surface area contributed by atoms with Gasteiger partial charge in [0.15, 0.2) is 0 Å². The molecule has 0 amide bonds. The van der Waals surface area contributed by atoms with Crippen molar-refractivity contribution in [3.05, 3.63) is 59.2 Å². The average Bonchev–Trinajstić information content (AvgIpc) is 2.41. The van der Waals surface area contributed by atoms with E-state index >= 15 is 0 Å². The van der Waals surface area contributed by atoms with E-state index in [-0.39, 0.29) is 0 Å². The SMILES string of the molecule is CCc1ccccc1Oc1c(C)cccc1C(N)=S. The lowest BCUT2D eigenvalue weighted by Crippen LogP contribution is -2.11. The summed E-state index contributed by atoms with van der Waals surface area (Å²) in [7, 11) is 0. The maximum atomic E-state index is 6.06. The predicted octanol–water partition coefficient (Wildman–Crippen LogP) is 3.98.